The van der Waals surface area contributed by atoms with Gasteiger partial charge < -0.3 is 4.74 Å². The standard InChI is InChI=1S/C30H33F3O/c1-5-23-14-19(2)15-25(23)16-21(4)34-18-22-11-13-24-12-10-20(3)29(27(24)17-22)26-8-6-7-9-28(26)30(31,32)33/h5-9,11,13,16-17,19-20,29H,4,10,12,14-15,18H2,1-3H3/b23-5-,25-16-. The highest BCUT2D eigenvalue weighted by molar-refractivity contribution is 5.46. The molecule has 34 heavy (non-hydrogen) atoms. The minimum absolute atomic E-state index is 0.121. The molecule has 0 bridgehead atoms. The predicted octanol–water partition coefficient (Wildman–Crippen LogP) is 8.75. The number of hydrogen-bond donors (Lipinski definition) is 0. The molecular weight excluding hydrogens is 433 g/mol. The fourth-order valence-electron chi connectivity index (χ4n) is 5.56. The van der Waals surface area contributed by atoms with Crippen LogP contribution >= 0.6 is 0 Å². The van der Waals surface area contributed by atoms with Gasteiger partial charge in [0.25, 0.3) is 0 Å². The Morgan fingerprint density at radius 2 is 1.79 bits per heavy atom. The predicted molar refractivity (Wildman–Crippen MR) is 131 cm³/mol. The number of hydrogen-bond acceptors (Lipinski definition) is 1. The zero-order valence-corrected chi connectivity index (χ0v) is 20.2. The van der Waals surface area contributed by atoms with Crippen molar-refractivity contribution in [3.05, 3.63) is 106 Å². The van der Waals surface area contributed by atoms with E-state index in [1.165, 1.54) is 23.3 Å². The van der Waals surface area contributed by atoms with Crippen molar-refractivity contribution in [2.24, 2.45) is 11.8 Å². The van der Waals surface area contributed by atoms with Crippen LogP contribution in [0.5, 0.6) is 0 Å². The van der Waals surface area contributed by atoms with Gasteiger partial charge in [0.05, 0.1) is 5.56 Å². The van der Waals surface area contributed by atoms with Gasteiger partial charge in [0.1, 0.15) is 12.4 Å². The zero-order chi connectivity index (χ0) is 24.5. The summed E-state index contributed by atoms with van der Waals surface area (Å²) in [5, 5.41) is 0. The third kappa shape index (κ3) is 5.16. The van der Waals surface area contributed by atoms with E-state index in [2.05, 4.69) is 39.5 Å². The van der Waals surface area contributed by atoms with Crippen LogP contribution in [0.4, 0.5) is 13.2 Å². The quantitative estimate of drug-likeness (QED) is 0.400. The number of ether oxygens (including phenoxy) is 1. The van der Waals surface area contributed by atoms with Gasteiger partial charge in [-0.15, -0.1) is 0 Å². The van der Waals surface area contributed by atoms with Gasteiger partial charge in [0, 0.05) is 5.92 Å². The van der Waals surface area contributed by atoms with Gasteiger partial charge in [-0.1, -0.05) is 62.9 Å². The minimum Gasteiger partial charge on any atom is -0.490 e. The third-order valence-electron chi connectivity index (χ3n) is 7.24. The Kier molecular flexibility index (Phi) is 7.06. The molecule has 2 aliphatic carbocycles. The van der Waals surface area contributed by atoms with Crippen LogP contribution in [0.1, 0.15) is 73.8 Å². The Bertz CT molecular complexity index is 1120. The summed E-state index contributed by atoms with van der Waals surface area (Å²) in [6, 6.07) is 12.1. The molecule has 4 heteroatoms. The highest BCUT2D eigenvalue weighted by Crippen LogP contribution is 2.45. The van der Waals surface area contributed by atoms with Crippen molar-refractivity contribution < 1.29 is 17.9 Å². The summed E-state index contributed by atoms with van der Waals surface area (Å²) in [6.07, 6.45) is 3.68. The SMILES string of the molecule is C=C(/C=C1/CC(C)C/C1=C/C)OCc1ccc2c(c1)C(c1ccccc1C(F)(F)F)C(C)CC2. The van der Waals surface area contributed by atoms with Crippen LogP contribution in [0.25, 0.3) is 0 Å². The van der Waals surface area contributed by atoms with E-state index in [9.17, 15) is 13.2 Å². The van der Waals surface area contributed by atoms with Crippen molar-refractivity contribution in [2.75, 3.05) is 0 Å². The Labute approximate surface area is 201 Å². The Morgan fingerprint density at radius 3 is 2.53 bits per heavy atom. The van der Waals surface area contributed by atoms with E-state index in [1.54, 1.807) is 12.1 Å². The van der Waals surface area contributed by atoms with Crippen LogP contribution in [0.3, 0.4) is 0 Å². The molecule has 4 rings (SSSR count). The van der Waals surface area contributed by atoms with E-state index >= 15 is 0 Å². The van der Waals surface area contributed by atoms with Crippen LogP contribution in [0.15, 0.2) is 78.1 Å². The van der Waals surface area contributed by atoms with Crippen LogP contribution in [-0.2, 0) is 23.9 Å². The Hall–Kier alpha value is -2.75. The third-order valence-corrected chi connectivity index (χ3v) is 7.24. The first-order valence-corrected chi connectivity index (χ1v) is 12.1. The molecule has 3 atom stereocenters. The number of aryl methyl sites for hydroxylation is 1. The molecule has 0 radical (unpaired) electrons. The summed E-state index contributed by atoms with van der Waals surface area (Å²) in [6.45, 7) is 10.8. The first kappa shape index (κ1) is 24.4. The Morgan fingerprint density at radius 1 is 1.06 bits per heavy atom. The topological polar surface area (TPSA) is 9.23 Å². The molecule has 3 unspecified atom stereocenters. The first-order chi connectivity index (χ1) is 16.2. The van der Waals surface area contributed by atoms with Crippen molar-refractivity contribution in [2.45, 2.75) is 65.2 Å². The van der Waals surface area contributed by atoms with E-state index in [1.807, 2.05) is 18.2 Å². The molecule has 2 aromatic rings. The van der Waals surface area contributed by atoms with Crippen molar-refractivity contribution in [1.29, 1.82) is 0 Å². The van der Waals surface area contributed by atoms with Gasteiger partial charge in [-0.3, -0.25) is 0 Å². The number of benzene rings is 2. The number of alkyl halides is 3. The normalized spacial score (nSPS) is 24.9. The molecule has 2 aromatic carbocycles. The second kappa shape index (κ2) is 9.85. The van der Waals surface area contributed by atoms with Crippen LogP contribution in [0.2, 0.25) is 0 Å². The fraction of sp³-hybridized carbons (Fsp3) is 0.400. The van der Waals surface area contributed by atoms with Gasteiger partial charge in [0.15, 0.2) is 0 Å². The lowest BCUT2D eigenvalue weighted by molar-refractivity contribution is -0.138. The molecule has 0 amide bonds. The van der Waals surface area contributed by atoms with Crippen LogP contribution < -0.4 is 0 Å². The number of fused-ring (bicyclic) bond motifs is 1. The molecule has 0 heterocycles. The van der Waals surface area contributed by atoms with Gasteiger partial charge >= 0.3 is 6.18 Å². The molecule has 0 spiro atoms. The van der Waals surface area contributed by atoms with E-state index in [0.717, 1.165) is 42.4 Å². The second-order valence-electron chi connectivity index (χ2n) is 9.86. The van der Waals surface area contributed by atoms with Gasteiger partial charge in [-0.2, -0.15) is 13.2 Å². The van der Waals surface area contributed by atoms with Gasteiger partial charge in [-0.25, -0.2) is 0 Å². The monoisotopic (exact) mass is 466 g/mol. The van der Waals surface area contributed by atoms with Crippen molar-refractivity contribution >= 4 is 0 Å². The van der Waals surface area contributed by atoms with Crippen LogP contribution in [-0.4, -0.2) is 0 Å². The van der Waals surface area contributed by atoms with E-state index < -0.39 is 11.7 Å². The molecule has 0 saturated heterocycles. The maximum absolute atomic E-state index is 13.8. The van der Waals surface area contributed by atoms with Crippen molar-refractivity contribution in [3.63, 3.8) is 0 Å². The lowest BCUT2D eigenvalue weighted by atomic mass is 9.71. The van der Waals surface area contributed by atoms with Crippen molar-refractivity contribution in [3.8, 4) is 0 Å². The van der Waals surface area contributed by atoms with E-state index in [4.69, 9.17) is 4.74 Å². The summed E-state index contributed by atoms with van der Waals surface area (Å²) in [4.78, 5) is 0. The Balaban J connectivity index is 1.58. The van der Waals surface area contributed by atoms with E-state index in [-0.39, 0.29) is 11.8 Å². The summed E-state index contributed by atoms with van der Waals surface area (Å²) >= 11 is 0. The molecule has 1 saturated carbocycles. The molecule has 0 aliphatic heterocycles. The lowest BCUT2D eigenvalue weighted by Gasteiger charge is -2.34. The maximum atomic E-state index is 13.8. The van der Waals surface area contributed by atoms with Crippen molar-refractivity contribution in [1.82, 2.24) is 0 Å². The van der Waals surface area contributed by atoms with E-state index in [0.29, 0.717) is 23.8 Å². The summed E-state index contributed by atoms with van der Waals surface area (Å²) in [5.74, 6) is 1.08. The fourth-order valence-corrected chi connectivity index (χ4v) is 5.56. The lowest BCUT2D eigenvalue weighted by Crippen LogP contribution is -2.23. The number of allylic oxidation sites excluding steroid dienone is 4. The van der Waals surface area contributed by atoms with Gasteiger partial charge in [-0.05, 0) is 90.0 Å². The molecule has 1 fully saturated rings. The molecule has 180 valence electrons. The zero-order valence-electron chi connectivity index (χ0n) is 20.2. The highest BCUT2D eigenvalue weighted by atomic mass is 19.4. The number of halogens is 3. The second-order valence-corrected chi connectivity index (χ2v) is 9.86. The summed E-state index contributed by atoms with van der Waals surface area (Å²) in [7, 11) is 0. The molecule has 0 N–H and O–H groups in total. The first-order valence-electron chi connectivity index (χ1n) is 12.1. The average Bonchev–Trinajstić information content (AvgIpc) is 3.15. The summed E-state index contributed by atoms with van der Waals surface area (Å²) in [5.41, 5.74) is 5.53. The smallest absolute Gasteiger partial charge is 0.416 e. The number of rotatable bonds is 5. The summed E-state index contributed by atoms with van der Waals surface area (Å²) < 4.78 is 47.4. The molecule has 0 aromatic heterocycles. The average molecular weight is 467 g/mol. The largest absolute Gasteiger partial charge is 0.490 e. The van der Waals surface area contributed by atoms with Gasteiger partial charge in [0.2, 0.25) is 0 Å². The maximum Gasteiger partial charge on any atom is 0.416 e. The molecule has 1 nitrogen and oxygen atoms in total. The van der Waals surface area contributed by atoms with Crippen LogP contribution in [0, 0.1) is 11.8 Å². The minimum atomic E-state index is -4.37. The molecular formula is C30H33F3O. The highest BCUT2D eigenvalue weighted by Gasteiger charge is 2.38. The molecule has 2 aliphatic rings.